The lowest BCUT2D eigenvalue weighted by Gasteiger charge is -2.30. The number of allylic oxidation sites excluding steroid dienone is 2. The van der Waals surface area contributed by atoms with Gasteiger partial charge in [0.1, 0.15) is 0 Å². The first-order valence-electron chi connectivity index (χ1n) is 12.2. The first-order valence-corrected chi connectivity index (χ1v) is 12.2. The van der Waals surface area contributed by atoms with Crippen LogP contribution in [0.5, 0.6) is 0 Å². The lowest BCUT2D eigenvalue weighted by molar-refractivity contribution is -0.154. The summed E-state index contributed by atoms with van der Waals surface area (Å²) < 4.78 is 0. The van der Waals surface area contributed by atoms with E-state index in [4.69, 9.17) is 0 Å². The number of fused-ring (bicyclic) bond motifs is 2. The van der Waals surface area contributed by atoms with Crippen LogP contribution >= 0.6 is 0 Å². The Morgan fingerprint density at radius 1 is 0.655 bits per heavy atom. The van der Waals surface area contributed by atoms with Crippen molar-refractivity contribution in [1.82, 2.24) is 0 Å². The van der Waals surface area contributed by atoms with Crippen molar-refractivity contribution in [3.05, 3.63) is 11.1 Å². The van der Waals surface area contributed by atoms with Gasteiger partial charge in [-0.3, -0.25) is 9.59 Å². The highest BCUT2D eigenvalue weighted by atomic mass is 16.4. The van der Waals surface area contributed by atoms with Crippen molar-refractivity contribution < 1.29 is 19.8 Å². The molecule has 0 amide bonds. The zero-order valence-electron chi connectivity index (χ0n) is 18.6. The van der Waals surface area contributed by atoms with Crippen LogP contribution in [0.25, 0.3) is 0 Å². The van der Waals surface area contributed by atoms with Crippen molar-refractivity contribution in [2.24, 2.45) is 23.7 Å². The van der Waals surface area contributed by atoms with Gasteiger partial charge in [-0.15, -0.1) is 0 Å². The molecule has 0 radical (unpaired) electrons. The van der Waals surface area contributed by atoms with Crippen LogP contribution < -0.4 is 0 Å². The molecule has 0 aromatic carbocycles. The van der Waals surface area contributed by atoms with E-state index in [0.717, 1.165) is 32.1 Å². The minimum absolute atomic E-state index is 0.0377. The van der Waals surface area contributed by atoms with Gasteiger partial charge < -0.3 is 10.2 Å². The molecule has 0 spiro atoms. The molecule has 2 rings (SSSR count). The Labute approximate surface area is 177 Å². The van der Waals surface area contributed by atoms with E-state index in [1.54, 1.807) is 0 Å². The summed E-state index contributed by atoms with van der Waals surface area (Å²) in [5, 5.41) is 19.5. The minimum atomic E-state index is -0.913. The SMILES string of the molecule is CCCCCCCCC1=C(CCCCCCCC)C2CC1C(C(=O)O)C2C(=O)O. The summed E-state index contributed by atoms with van der Waals surface area (Å²) in [5.41, 5.74) is 2.67. The van der Waals surface area contributed by atoms with Crippen molar-refractivity contribution in [2.75, 3.05) is 0 Å². The lowest BCUT2D eigenvalue weighted by Crippen LogP contribution is -2.36. The van der Waals surface area contributed by atoms with E-state index < -0.39 is 23.8 Å². The van der Waals surface area contributed by atoms with Crippen LogP contribution in [0.15, 0.2) is 11.1 Å². The van der Waals surface area contributed by atoms with Crippen LogP contribution in [0.3, 0.4) is 0 Å². The Kier molecular flexibility index (Phi) is 10.2. The molecule has 0 saturated heterocycles. The highest BCUT2D eigenvalue weighted by Crippen LogP contribution is 2.57. The molecule has 0 aromatic rings. The van der Waals surface area contributed by atoms with Gasteiger partial charge in [-0.1, -0.05) is 89.2 Å². The van der Waals surface area contributed by atoms with E-state index in [0.29, 0.717) is 0 Å². The van der Waals surface area contributed by atoms with Crippen LogP contribution in [0.1, 0.15) is 110 Å². The topological polar surface area (TPSA) is 74.6 Å². The minimum Gasteiger partial charge on any atom is -0.481 e. The number of unbranched alkanes of at least 4 members (excludes halogenated alkanes) is 10. The Morgan fingerprint density at radius 3 is 1.34 bits per heavy atom. The van der Waals surface area contributed by atoms with Crippen molar-refractivity contribution >= 4 is 11.9 Å². The summed E-state index contributed by atoms with van der Waals surface area (Å²) >= 11 is 0. The summed E-state index contributed by atoms with van der Waals surface area (Å²) in [6.07, 6.45) is 17.5. The summed E-state index contributed by atoms with van der Waals surface area (Å²) in [4.78, 5) is 23.8. The monoisotopic (exact) mass is 406 g/mol. The zero-order chi connectivity index (χ0) is 21.2. The summed E-state index contributed by atoms with van der Waals surface area (Å²) in [5.74, 6) is -3.34. The van der Waals surface area contributed by atoms with Gasteiger partial charge in [-0.2, -0.15) is 0 Å². The molecular weight excluding hydrogens is 364 g/mol. The first kappa shape index (κ1) is 24.0. The Hall–Kier alpha value is -1.32. The standard InChI is InChI=1S/C25H42O4/c1-3-5-7-9-11-13-15-18-19(16-14-12-10-8-6-4-2)21-17-20(18)22(24(26)27)23(21)25(28)29/h20-23H,3-17H2,1-2H3,(H,26,27)(H,28,29). The highest BCUT2D eigenvalue weighted by molar-refractivity contribution is 5.83. The maximum atomic E-state index is 11.9. The van der Waals surface area contributed by atoms with E-state index in [-0.39, 0.29) is 11.8 Å². The second-order valence-corrected chi connectivity index (χ2v) is 9.26. The Balaban J connectivity index is 2.02. The molecule has 0 heterocycles. The maximum Gasteiger partial charge on any atom is 0.308 e. The van der Waals surface area contributed by atoms with E-state index in [2.05, 4.69) is 13.8 Å². The number of carbonyl (C=O) groups is 2. The van der Waals surface area contributed by atoms with Crippen LogP contribution in [-0.4, -0.2) is 22.2 Å². The molecule has 2 aliphatic carbocycles. The van der Waals surface area contributed by atoms with Crippen LogP contribution in [-0.2, 0) is 9.59 Å². The quantitative estimate of drug-likeness (QED) is 0.217. The third kappa shape index (κ3) is 6.33. The maximum absolute atomic E-state index is 11.9. The molecule has 4 atom stereocenters. The Bertz CT molecular complexity index is 517. The van der Waals surface area contributed by atoms with E-state index in [1.807, 2.05) is 0 Å². The summed E-state index contributed by atoms with van der Waals surface area (Å²) in [6, 6.07) is 0. The van der Waals surface area contributed by atoms with Crippen LogP contribution in [0, 0.1) is 23.7 Å². The molecule has 1 fully saturated rings. The van der Waals surface area contributed by atoms with Gasteiger partial charge in [-0.05, 0) is 43.9 Å². The summed E-state index contributed by atoms with van der Waals surface area (Å²) in [6.45, 7) is 4.44. The van der Waals surface area contributed by atoms with Gasteiger partial charge in [0.25, 0.3) is 0 Å². The van der Waals surface area contributed by atoms with E-state index in [1.165, 1.54) is 75.4 Å². The van der Waals surface area contributed by atoms with Crippen molar-refractivity contribution in [2.45, 2.75) is 110 Å². The largest absolute Gasteiger partial charge is 0.481 e. The van der Waals surface area contributed by atoms with Gasteiger partial charge in [-0.25, -0.2) is 0 Å². The molecule has 2 bridgehead atoms. The molecule has 0 aromatic heterocycles. The second kappa shape index (κ2) is 12.4. The number of aliphatic carboxylic acids is 2. The molecule has 2 N–H and O–H groups in total. The van der Waals surface area contributed by atoms with Crippen molar-refractivity contribution in [3.8, 4) is 0 Å². The predicted octanol–water partition coefficient (Wildman–Crippen LogP) is 6.84. The van der Waals surface area contributed by atoms with Crippen molar-refractivity contribution in [3.63, 3.8) is 0 Å². The smallest absolute Gasteiger partial charge is 0.308 e. The lowest BCUT2D eigenvalue weighted by atomic mass is 9.73. The highest BCUT2D eigenvalue weighted by Gasteiger charge is 2.57. The predicted molar refractivity (Wildman–Crippen MR) is 117 cm³/mol. The van der Waals surface area contributed by atoms with Gasteiger partial charge in [0, 0.05) is 0 Å². The third-order valence-corrected chi connectivity index (χ3v) is 7.24. The molecule has 4 heteroatoms. The second-order valence-electron chi connectivity index (χ2n) is 9.26. The first-order chi connectivity index (χ1) is 14.0. The van der Waals surface area contributed by atoms with Gasteiger partial charge >= 0.3 is 11.9 Å². The fourth-order valence-corrected chi connectivity index (χ4v) is 5.80. The van der Waals surface area contributed by atoms with Crippen molar-refractivity contribution in [1.29, 1.82) is 0 Å². The van der Waals surface area contributed by atoms with Gasteiger partial charge in [0.05, 0.1) is 11.8 Å². The number of hydrogen-bond donors (Lipinski definition) is 2. The van der Waals surface area contributed by atoms with E-state index >= 15 is 0 Å². The molecule has 166 valence electrons. The van der Waals surface area contributed by atoms with Gasteiger partial charge in [0.15, 0.2) is 0 Å². The fraction of sp³-hybridized carbons (Fsp3) is 0.840. The van der Waals surface area contributed by atoms with Gasteiger partial charge in [0.2, 0.25) is 0 Å². The Morgan fingerprint density at radius 2 is 1.00 bits per heavy atom. The number of hydrogen-bond acceptors (Lipinski definition) is 2. The number of carboxylic acid groups (broad SMARTS) is 2. The molecular formula is C25H42O4. The van der Waals surface area contributed by atoms with Crippen LogP contribution in [0.2, 0.25) is 0 Å². The average Bonchev–Trinajstić information content (AvgIpc) is 3.23. The fourth-order valence-electron chi connectivity index (χ4n) is 5.80. The number of carboxylic acids is 2. The summed E-state index contributed by atoms with van der Waals surface area (Å²) in [7, 11) is 0. The third-order valence-electron chi connectivity index (χ3n) is 7.24. The molecule has 29 heavy (non-hydrogen) atoms. The molecule has 0 aliphatic heterocycles. The molecule has 2 aliphatic rings. The normalized spacial score (nSPS) is 25.7. The molecule has 1 saturated carbocycles. The van der Waals surface area contributed by atoms with E-state index in [9.17, 15) is 19.8 Å². The number of rotatable bonds is 16. The van der Waals surface area contributed by atoms with Crippen LogP contribution in [0.4, 0.5) is 0 Å². The zero-order valence-corrected chi connectivity index (χ0v) is 18.6. The molecule has 4 nitrogen and oxygen atoms in total. The average molecular weight is 407 g/mol. The molecule has 4 unspecified atom stereocenters.